The van der Waals surface area contributed by atoms with E-state index >= 15 is 0 Å². The van der Waals surface area contributed by atoms with Crippen LogP contribution in [0.1, 0.15) is 26.5 Å². The second kappa shape index (κ2) is 10.3. The summed E-state index contributed by atoms with van der Waals surface area (Å²) in [5.41, 5.74) is -1.43. The SMILES string of the molecule is [B]OC(=O)C1=C(CCl)CS(=O)[C@@H]2[C@H](NC(=O)/C(=N\O)c3csc(NC(=O)OC(C)(C)C)n3)C(=O)N12. The van der Waals surface area contributed by atoms with Crippen LogP contribution in [-0.4, -0.2) is 85.6 Å². The monoisotopic (exact) mass is 543 g/mol. The van der Waals surface area contributed by atoms with Gasteiger partial charge in [0, 0.05) is 11.3 Å². The lowest BCUT2D eigenvalue weighted by molar-refractivity contribution is -0.149. The number of thiazole rings is 1. The molecule has 0 saturated carbocycles. The first-order valence-electron chi connectivity index (χ1n) is 9.80. The maximum Gasteiger partial charge on any atom is 0.413 e. The summed E-state index contributed by atoms with van der Waals surface area (Å²) in [4.78, 5) is 54.4. The number of fused-ring (bicyclic) bond motifs is 1. The molecule has 0 spiro atoms. The smallest absolute Gasteiger partial charge is 0.413 e. The number of aromatic nitrogens is 1. The maximum atomic E-state index is 12.8. The maximum absolute atomic E-state index is 12.8. The number of alkyl halides is 1. The van der Waals surface area contributed by atoms with Gasteiger partial charge < -0.3 is 19.9 Å². The normalized spacial score (nSPS) is 22.2. The van der Waals surface area contributed by atoms with E-state index in [9.17, 15) is 28.6 Å². The van der Waals surface area contributed by atoms with Crippen LogP contribution in [0.25, 0.3) is 0 Å². The number of rotatable bonds is 6. The molecule has 3 amide bonds. The number of oxime groups is 1. The van der Waals surface area contributed by atoms with Crippen LogP contribution < -0.4 is 10.6 Å². The molecule has 0 aromatic carbocycles. The fourth-order valence-electron chi connectivity index (χ4n) is 3.25. The van der Waals surface area contributed by atoms with Crippen molar-refractivity contribution in [3.8, 4) is 0 Å². The quantitative estimate of drug-likeness (QED) is 0.113. The molecule has 2 radical (unpaired) electrons. The number of hydrogen-bond acceptors (Lipinski definition) is 11. The van der Waals surface area contributed by atoms with E-state index in [0.717, 1.165) is 16.2 Å². The summed E-state index contributed by atoms with van der Waals surface area (Å²) < 4.78 is 22.0. The average molecular weight is 544 g/mol. The Bertz CT molecular complexity index is 1160. The largest absolute Gasteiger partial charge is 0.539 e. The van der Waals surface area contributed by atoms with Crippen molar-refractivity contribution in [1.29, 1.82) is 0 Å². The predicted octanol–water partition coefficient (Wildman–Crippen LogP) is 0.203. The number of nitrogens with one attached hydrogen (secondary N) is 2. The number of β-lactam (4-membered cyclic amide) rings is 1. The molecular formula is C18H19BClN5O8S2. The molecule has 186 valence electrons. The van der Waals surface area contributed by atoms with Gasteiger partial charge >= 0.3 is 20.1 Å². The molecule has 2 aliphatic rings. The summed E-state index contributed by atoms with van der Waals surface area (Å²) in [7, 11) is 3.22. The summed E-state index contributed by atoms with van der Waals surface area (Å²) in [6.45, 7) is 5.03. The first kappa shape index (κ1) is 26.6. The second-order valence-electron chi connectivity index (χ2n) is 8.18. The molecule has 17 heteroatoms. The molecule has 3 N–H and O–H groups in total. The van der Waals surface area contributed by atoms with Crippen LogP contribution in [0.2, 0.25) is 0 Å². The van der Waals surface area contributed by atoms with Crippen LogP contribution in [0.3, 0.4) is 0 Å². The van der Waals surface area contributed by atoms with Gasteiger partial charge in [-0.05, 0) is 26.3 Å². The van der Waals surface area contributed by atoms with Crippen molar-refractivity contribution in [2.75, 3.05) is 16.9 Å². The van der Waals surface area contributed by atoms with E-state index in [1.54, 1.807) is 20.8 Å². The third kappa shape index (κ3) is 5.49. The van der Waals surface area contributed by atoms with Crippen molar-refractivity contribution >= 4 is 76.5 Å². The van der Waals surface area contributed by atoms with Crippen LogP contribution in [-0.2, 0) is 34.6 Å². The van der Waals surface area contributed by atoms with Crippen LogP contribution in [0, 0.1) is 0 Å². The molecule has 3 rings (SSSR count). The molecule has 35 heavy (non-hydrogen) atoms. The zero-order chi connectivity index (χ0) is 26.1. The third-order valence-corrected chi connectivity index (χ3v) is 7.36. The molecule has 1 fully saturated rings. The fourth-order valence-corrected chi connectivity index (χ4v) is 5.95. The lowest BCUT2D eigenvalue weighted by Gasteiger charge is -2.49. The Hall–Kier alpha value is -2.98. The number of carbonyl (C=O) groups excluding carboxylic acids is 4. The van der Waals surface area contributed by atoms with Crippen molar-refractivity contribution < 1.29 is 38.0 Å². The van der Waals surface area contributed by atoms with Gasteiger partial charge in [0.2, 0.25) is 0 Å². The number of hydrogen-bond donors (Lipinski definition) is 3. The van der Waals surface area contributed by atoms with E-state index in [1.165, 1.54) is 5.38 Å². The Labute approximate surface area is 211 Å². The number of nitrogens with zero attached hydrogens (tertiary/aromatic N) is 3. The molecule has 1 aromatic rings. The first-order chi connectivity index (χ1) is 16.4. The highest BCUT2D eigenvalue weighted by Gasteiger charge is 2.57. The van der Waals surface area contributed by atoms with Crippen molar-refractivity contribution in [3.63, 3.8) is 0 Å². The Balaban J connectivity index is 1.73. The molecule has 1 saturated heterocycles. The molecule has 1 unspecified atom stereocenters. The van der Waals surface area contributed by atoms with Crippen molar-refractivity contribution in [2.45, 2.75) is 37.8 Å². The minimum absolute atomic E-state index is 0.0613. The van der Waals surface area contributed by atoms with Crippen molar-refractivity contribution in [2.24, 2.45) is 5.16 Å². The van der Waals surface area contributed by atoms with Crippen LogP contribution in [0.15, 0.2) is 21.8 Å². The number of ether oxygens (including phenoxy) is 1. The Morgan fingerprint density at radius 3 is 2.69 bits per heavy atom. The molecular weight excluding hydrogens is 525 g/mol. The van der Waals surface area contributed by atoms with E-state index in [1.807, 2.05) is 0 Å². The van der Waals surface area contributed by atoms with Gasteiger partial charge in [0.05, 0.1) is 16.6 Å². The van der Waals surface area contributed by atoms with E-state index in [2.05, 4.69) is 25.4 Å². The topological polar surface area (TPSA) is 177 Å². The van der Waals surface area contributed by atoms with Gasteiger partial charge in [0.1, 0.15) is 28.4 Å². The zero-order valence-corrected chi connectivity index (χ0v) is 21.0. The summed E-state index contributed by atoms with van der Waals surface area (Å²) >= 11 is 6.74. The standard InChI is InChI=1S/C18H19BClN5O8S2/c1-18(2,3)32-17(29)23-16-21-8(5-34-16)9(24-30)12(26)22-10-13(27)25-11(15(28)33-19)7(4-20)6-35(31)14(10)25/h5,10,14,30H,4,6H2,1-3H3,(H,22,26)(H,21,23,29)/b24-9-/t10-,14-,35?/m1/s1. The van der Waals surface area contributed by atoms with E-state index in [-0.39, 0.29) is 33.7 Å². The number of amides is 3. The Morgan fingerprint density at radius 2 is 2.11 bits per heavy atom. The molecule has 0 bridgehead atoms. The number of anilines is 1. The van der Waals surface area contributed by atoms with Crippen LogP contribution in [0.5, 0.6) is 0 Å². The molecule has 3 atom stereocenters. The van der Waals surface area contributed by atoms with Crippen molar-refractivity contribution in [3.05, 3.63) is 22.3 Å². The lowest BCUT2D eigenvalue weighted by Crippen LogP contribution is -2.74. The minimum atomic E-state index is -1.71. The van der Waals surface area contributed by atoms with Gasteiger partial charge in [-0.3, -0.25) is 24.0 Å². The van der Waals surface area contributed by atoms with Gasteiger partial charge in [-0.25, -0.2) is 14.6 Å². The Kier molecular flexibility index (Phi) is 7.86. The number of carbonyl (C=O) groups is 4. The summed E-state index contributed by atoms with van der Waals surface area (Å²) in [5.74, 6) is -3.13. The highest BCUT2D eigenvalue weighted by Crippen LogP contribution is 2.35. The third-order valence-electron chi connectivity index (χ3n) is 4.62. The molecule has 13 nitrogen and oxygen atoms in total. The van der Waals surface area contributed by atoms with Gasteiger partial charge in [-0.2, -0.15) is 0 Å². The minimum Gasteiger partial charge on any atom is -0.539 e. The van der Waals surface area contributed by atoms with E-state index < -0.39 is 57.4 Å². The zero-order valence-electron chi connectivity index (χ0n) is 18.6. The van der Waals surface area contributed by atoms with Gasteiger partial charge in [-0.15, -0.1) is 22.9 Å². The second-order valence-corrected chi connectivity index (χ2v) is 10.8. The highest BCUT2D eigenvalue weighted by molar-refractivity contribution is 7.86. The first-order valence-corrected chi connectivity index (χ1v) is 12.6. The van der Waals surface area contributed by atoms with Crippen LogP contribution in [0.4, 0.5) is 9.93 Å². The summed E-state index contributed by atoms with van der Waals surface area (Å²) in [6.07, 6.45) is -0.776. The molecule has 1 aromatic heterocycles. The summed E-state index contributed by atoms with van der Waals surface area (Å²) in [5, 5.41) is 17.4. The molecule has 3 heterocycles. The Morgan fingerprint density at radius 1 is 1.43 bits per heavy atom. The summed E-state index contributed by atoms with van der Waals surface area (Å²) in [6, 6.07) is -1.30. The molecule has 2 aliphatic heterocycles. The average Bonchev–Trinajstić information content (AvgIpc) is 3.22. The highest BCUT2D eigenvalue weighted by atomic mass is 35.5. The van der Waals surface area contributed by atoms with Gasteiger partial charge in [0.25, 0.3) is 11.8 Å². The van der Waals surface area contributed by atoms with Gasteiger partial charge in [-0.1, -0.05) is 5.16 Å². The van der Waals surface area contributed by atoms with Crippen LogP contribution >= 0.6 is 22.9 Å². The van der Waals surface area contributed by atoms with Crippen molar-refractivity contribution in [1.82, 2.24) is 15.2 Å². The predicted molar refractivity (Wildman–Crippen MR) is 125 cm³/mol. The lowest BCUT2D eigenvalue weighted by atomic mass is 10.0. The fraction of sp³-hybridized carbons (Fsp3) is 0.444. The van der Waals surface area contributed by atoms with Gasteiger partial charge in [0.15, 0.2) is 10.8 Å². The van der Waals surface area contributed by atoms with E-state index in [4.69, 9.17) is 24.4 Å². The number of halogens is 1. The molecule has 0 aliphatic carbocycles. The van der Waals surface area contributed by atoms with E-state index in [0.29, 0.717) is 0 Å².